The molecule has 0 aromatic rings. The van der Waals surface area contributed by atoms with Crippen LogP contribution in [0.25, 0.3) is 0 Å². The molecule has 1 rings (SSSR count). The largest absolute Gasteiger partial charge is 0.378 e. The van der Waals surface area contributed by atoms with E-state index in [0.29, 0.717) is 0 Å². The van der Waals surface area contributed by atoms with Crippen LogP contribution < -0.4 is 5.32 Å². The third-order valence-corrected chi connectivity index (χ3v) is 2.60. The van der Waals surface area contributed by atoms with Gasteiger partial charge in [-0.15, -0.1) is 6.58 Å². The Hall–Kier alpha value is -0.610. The lowest BCUT2D eigenvalue weighted by Crippen LogP contribution is -2.52. The fraction of sp³-hybridized carbons (Fsp3) is 0.700. The van der Waals surface area contributed by atoms with Gasteiger partial charge < -0.3 is 15.0 Å². The van der Waals surface area contributed by atoms with Crippen LogP contribution in [0.1, 0.15) is 13.8 Å². The van der Waals surface area contributed by atoms with E-state index in [1.807, 2.05) is 19.9 Å². The number of hydrogen-bond donors (Lipinski definition) is 1. The number of ether oxygens (including phenoxy) is 1. The van der Waals surface area contributed by atoms with Crippen LogP contribution in [-0.2, 0) is 4.74 Å². The minimum Gasteiger partial charge on any atom is -0.378 e. The molecule has 0 atom stereocenters. The Morgan fingerprint density at radius 3 is 2.57 bits per heavy atom. The first-order valence-electron chi connectivity index (χ1n) is 4.83. The van der Waals surface area contributed by atoms with E-state index >= 15 is 0 Å². The standard InChI is InChI=1S/C10H18N2OS/c1-4-10(2,3)11-9(14)12-5-7-13-8-6-12/h4H,1,5-8H2,2-3H3,(H,11,14). The molecule has 0 unspecified atom stereocenters. The van der Waals surface area contributed by atoms with Gasteiger partial charge in [-0.3, -0.25) is 0 Å². The van der Waals surface area contributed by atoms with Crippen LogP contribution in [0.3, 0.4) is 0 Å². The number of thiocarbonyl (C=S) groups is 1. The summed E-state index contributed by atoms with van der Waals surface area (Å²) in [5.41, 5.74) is -0.143. The number of nitrogens with one attached hydrogen (secondary N) is 1. The van der Waals surface area contributed by atoms with E-state index in [-0.39, 0.29) is 5.54 Å². The van der Waals surface area contributed by atoms with Crippen LogP contribution in [0.2, 0.25) is 0 Å². The van der Waals surface area contributed by atoms with Crippen molar-refractivity contribution in [3.05, 3.63) is 12.7 Å². The highest BCUT2D eigenvalue weighted by Crippen LogP contribution is 2.05. The Morgan fingerprint density at radius 1 is 1.50 bits per heavy atom. The summed E-state index contributed by atoms with van der Waals surface area (Å²) in [7, 11) is 0. The zero-order chi connectivity index (χ0) is 10.6. The van der Waals surface area contributed by atoms with Gasteiger partial charge in [0, 0.05) is 13.1 Å². The van der Waals surface area contributed by atoms with E-state index in [4.69, 9.17) is 17.0 Å². The smallest absolute Gasteiger partial charge is 0.169 e. The summed E-state index contributed by atoms with van der Waals surface area (Å²) in [5.74, 6) is 0. The molecule has 1 aliphatic heterocycles. The summed E-state index contributed by atoms with van der Waals surface area (Å²) < 4.78 is 5.26. The van der Waals surface area contributed by atoms with Crippen molar-refractivity contribution in [1.82, 2.24) is 10.2 Å². The molecule has 0 bridgehead atoms. The molecule has 1 aliphatic rings. The van der Waals surface area contributed by atoms with Gasteiger partial charge in [-0.05, 0) is 26.1 Å². The average Bonchev–Trinajstić information content (AvgIpc) is 2.19. The van der Waals surface area contributed by atoms with E-state index in [0.717, 1.165) is 31.4 Å². The Kier molecular flexibility index (Phi) is 3.89. The molecule has 0 aromatic heterocycles. The van der Waals surface area contributed by atoms with Gasteiger partial charge in [0.1, 0.15) is 0 Å². The van der Waals surface area contributed by atoms with Crippen LogP contribution in [0.5, 0.6) is 0 Å². The van der Waals surface area contributed by atoms with Gasteiger partial charge in [-0.2, -0.15) is 0 Å². The molecule has 1 saturated heterocycles. The first-order chi connectivity index (χ1) is 6.55. The first-order valence-corrected chi connectivity index (χ1v) is 5.24. The normalized spacial score (nSPS) is 17.7. The number of morpholine rings is 1. The van der Waals surface area contributed by atoms with Crippen molar-refractivity contribution in [2.24, 2.45) is 0 Å². The van der Waals surface area contributed by atoms with Crippen molar-refractivity contribution in [2.45, 2.75) is 19.4 Å². The quantitative estimate of drug-likeness (QED) is 0.551. The number of rotatable bonds is 2. The van der Waals surface area contributed by atoms with Crippen LogP contribution in [0.4, 0.5) is 0 Å². The van der Waals surface area contributed by atoms with E-state index in [1.165, 1.54) is 0 Å². The van der Waals surface area contributed by atoms with Gasteiger partial charge in [-0.1, -0.05) is 6.08 Å². The second-order valence-corrected chi connectivity index (χ2v) is 4.34. The zero-order valence-corrected chi connectivity index (χ0v) is 9.69. The fourth-order valence-electron chi connectivity index (χ4n) is 1.17. The summed E-state index contributed by atoms with van der Waals surface area (Å²) in [6, 6.07) is 0. The summed E-state index contributed by atoms with van der Waals surface area (Å²) in [5, 5.41) is 4.05. The van der Waals surface area contributed by atoms with Gasteiger partial charge in [0.15, 0.2) is 5.11 Å². The maximum absolute atomic E-state index is 5.30. The molecule has 1 N–H and O–H groups in total. The van der Waals surface area contributed by atoms with E-state index in [1.54, 1.807) is 0 Å². The molecule has 3 nitrogen and oxygen atoms in total. The summed E-state index contributed by atoms with van der Waals surface area (Å²) >= 11 is 5.30. The maximum Gasteiger partial charge on any atom is 0.169 e. The van der Waals surface area contributed by atoms with Crippen molar-refractivity contribution in [3.63, 3.8) is 0 Å². The first kappa shape index (κ1) is 11.5. The van der Waals surface area contributed by atoms with Crippen molar-refractivity contribution in [1.29, 1.82) is 0 Å². The highest BCUT2D eigenvalue weighted by Gasteiger charge is 2.19. The topological polar surface area (TPSA) is 24.5 Å². The zero-order valence-electron chi connectivity index (χ0n) is 8.88. The van der Waals surface area contributed by atoms with Gasteiger partial charge in [0.25, 0.3) is 0 Å². The van der Waals surface area contributed by atoms with E-state index in [2.05, 4.69) is 16.8 Å². The Labute approximate surface area is 91.1 Å². The molecule has 0 amide bonds. The molecular weight excluding hydrogens is 196 g/mol. The van der Waals surface area contributed by atoms with Gasteiger partial charge in [-0.25, -0.2) is 0 Å². The Balaban J connectivity index is 2.44. The lowest BCUT2D eigenvalue weighted by atomic mass is 10.1. The number of nitrogens with zero attached hydrogens (tertiary/aromatic N) is 1. The molecule has 80 valence electrons. The minimum absolute atomic E-state index is 0.143. The second-order valence-electron chi connectivity index (χ2n) is 3.96. The van der Waals surface area contributed by atoms with Gasteiger partial charge in [0.05, 0.1) is 18.8 Å². The van der Waals surface area contributed by atoms with Crippen LogP contribution in [0.15, 0.2) is 12.7 Å². The monoisotopic (exact) mass is 214 g/mol. The molecule has 0 aliphatic carbocycles. The van der Waals surface area contributed by atoms with Crippen molar-refractivity contribution >= 4 is 17.3 Å². The van der Waals surface area contributed by atoms with Crippen molar-refractivity contribution in [3.8, 4) is 0 Å². The highest BCUT2D eigenvalue weighted by atomic mass is 32.1. The molecule has 4 heteroatoms. The predicted octanol–water partition coefficient (Wildman–Crippen LogP) is 1.16. The fourth-order valence-corrected chi connectivity index (χ4v) is 1.62. The second kappa shape index (κ2) is 4.75. The van der Waals surface area contributed by atoms with Crippen molar-refractivity contribution < 1.29 is 4.74 Å². The Bertz CT molecular complexity index is 222. The van der Waals surface area contributed by atoms with Gasteiger partial charge >= 0.3 is 0 Å². The molecule has 14 heavy (non-hydrogen) atoms. The third kappa shape index (κ3) is 3.27. The van der Waals surface area contributed by atoms with Crippen molar-refractivity contribution in [2.75, 3.05) is 26.3 Å². The lowest BCUT2D eigenvalue weighted by molar-refractivity contribution is 0.0672. The van der Waals surface area contributed by atoms with Crippen LogP contribution >= 0.6 is 12.2 Å². The SMILES string of the molecule is C=CC(C)(C)NC(=S)N1CCOCC1. The highest BCUT2D eigenvalue weighted by molar-refractivity contribution is 7.80. The summed E-state index contributed by atoms with van der Waals surface area (Å²) in [4.78, 5) is 2.13. The van der Waals surface area contributed by atoms with E-state index < -0.39 is 0 Å². The maximum atomic E-state index is 5.30. The third-order valence-electron chi connectivity index (χ3n) is 2.24. The molecular formula is C10H18N2OS. The number of hydrogen-bond acceptors (Lipinski definition) is 2. The predicted molar refractivity (Wildman–Crippen MR) is 62.4 cm³/mol. The molecule has 0 saturated carbocycles. The molecule has 1 heterocycles. The lowest BCUT2D eigenvalue weighted by Gasteiger charge is -2.33. The van der Waals surface area contributed by atoms with Gasteiger partial charge in [0.2, 0.25) is 0 Å². The van der Waals surface area contributed by atoms with Crippen LogP contribution in [0, 0.1) is 0 Å². The Morgan fingerprint density at radius 2 is 2.07 bits per heavy atom. The minimum atomic E-state index is -0.143. The summed E-state index contributed by atoms with van der Waals surface area (Å²) in [6.45, 7) is 11.1. The molecule has 1 fully saturated rings. The average molecular weight is 214 g/mol. The molecule has 0 spiro atoms. The van der Waals surface area contributed by atoms with E-state index in [9.17, 15) is 0 Å². The summed E-state index contributed by atoms with van der Waals surface area (Å²) in [6.07, 6.45) is 1.86. The molecule has 0 aromatic carbocycles. The van der Waals surface area contributed by atoms with Crippen LogP contribution in [-0.4, -0.2) is 41.9 Å². The molecule has 0 radical (unpaired) electrons.